The lowest BCUT2D eigenvalue weighted by atomic mass is 9.95. The Morgan fingerprint density at radius 1 is 1.10 bits per heavy atom. The normalized spacial score (nSPS) is 16.5. The molecular formula is C25H25ClN2O2. The highest BCUT2D eigenvalue weighted by Crippen LogP contribution is 2.24. The van der Waals surface area contributed by atoms with E-state index in [1.54, 1.807) is 6.07 Å². The molecule has 0 unspecified atom stereocenters. The van der Waals surface area contributed by atoms with Crippen LogP contribution in [0.3, 0.4) is 0 Å². The maximum absolute atomic E-state index is 13.0. The summed E-state index contributed by atoms with van der Waals surface area (Å²) in [5.74, 6) is -0.199. The second kappa shape index (κ2) is 8.88. The van der Waals surface area contributed by atoms with Gasteiger partial charge in [0.1, 0.15) is 0 Å². The maximum atomic E-state index is 13.0. The lowest BCUT2D eigenvalue weighted by Crippen LogP contribution is -2.44. The van der Waals surface area contributed by atoms with Crippen molar-refractivity contribution in [3.63, 3.8) is 0 Å². The van der Waals surface area contributed by atoms with Crippen molar-refractivity contribution in [2.75, 3.05) is 18.4 Å². The van der Waals surface area contributed by atoms with Gasteiger partial charge < -0.3 is 10.2 Å². The van der Waals surface area contributed by atoms with Crippen LogP contribution in [-0.2, 0) is 16.0 Å². The van der Waals surface area contributed by atoms with Gasteiger partial charge in [-0.3, -0.25) is 9.59 Å². The molecule has 0 saturated carbocycles. The molecule has 1 saturated heterocycles. The van der Waals surface area contributed by atoms with E-state index in [1.807, 2.05) is 48.2 Å². The lowest BCUT2D eigenvalue weighted by Gasteiger charge is -2.32. The molecule has 3 aromatic rings. The molecule has 1 N–H and O–H groups in total. The van der Waals surface area contributed by atoms with Gasteiger partial charge in [-0.15, -0.1) is 0 Å². The summed E-state index contributed by atoms with van der Waals surface area (Å²) in [6.07, 6.45) is 1.96. The number of fused-ring (bicyclic) bond motifs is 1. The molecule has 0 radical (unpaired) electrons. The smallest absolute Gasteiger partial charge is 0.229 e. The number of anilines is 1. The topological polar surface area (TPSA) is 49.4 Å². The van der Waals surface area contributed by atoms with Crippen LogP contribution < -0.4 is 5.32 Å². The Morgan fingerprint density at radius 2 is 1.90 bits per heavy atom. The van der Waals surface area contributed by atoms with Crippen LogP contribution in [0.5, 0.6) is 0 Å². The minimum Gasteiger partial charge on any atom is -0.342 e. The Hall–Kier alpha value is -2.85. The molecule has 1 heterocycles. The fourth-order valence-corrected chi connectivity index (χ4v) is 4.23. The molecule has 4 rings (SSSR count). The maximum Gasteiger partial charge on any atom is 0.229 e. The molecule has 1 atom stereocenters. The van der Waals surface area contributed by atoms with E-state index in [-0.39, 0.29) is 17.7 Å². The van der Waals surface area contributed by atoms with Crippen LogP contribution in [0.1, 0.15) is 24.0 Å². The Morgan fingerprint density at radius 3 is 2.73 bits per heavy atom. The minimum atomic E-state index is -0.213. The molecule has 30 heavy (non-hydrogen) atoms. The predicted molar refractivity (Wildman–Crippen MR) is 122 cm³/mol. The summed E-state index contributed by atoms with van der Waals surface area (Å²) < 4.78 is 0. The van der Waals surface area contributed by atoms with Crippen LogP contribution in [0.25, 0.3) is 10.8 Å². The van der Waals surface area contributed by atoms with Crippen LogP contribution in [-0.4, -0.2) is 29.8 Å². The Balaban J connectivity index is 1.42. The number of hydrogen-bond acceptors (Lipinski definition) is 2. The summed E-state index contributed by atoms with van der Waals surface area (Å²) in [6.45, 7) is 3.08. The number of halogens is 1. The van der Waals surface area contributed by atoms with Crippen LogP contribution in [0.15, 0.2) is 60.7 Å². The Kier molecular flexibility index (Phi) is 6.05. The molecule has 0 aromatic heterocycles. The highest BCUT2D eigenvalue weighted by molar-refractivity contribution is 6.31. The summed E-state index contributed by atoms with van der Waals surface area (Å²) >= 11 is 6.16. The van der Waals surface area contributed by atoms with Gasteiger partial charge >= 0.3 is 0 Å². The fraction of sp³-hybridized carbons (Fsp3) is 0.280. The number of aryl methyl sites for hydroxylation is 1. The van der Waals surface area contributed by atoms with Crippen LogP contribution >= 0.6 is 11.6 Å². The van der Waals surface area contributed by atoms with Crippen LogP contribution in [0, 0.1) is 12.8 Å². The molecular weight excluding hydrogens is 396 g/mol. The molecule has 3 aromatic carbocycles. The number of carbonyl (C=O) groups excluding carboxylic acids is 2. The van der Waals surface area contributed by atoms with Gasteiger partial charge in [0.15, 0.2) is 0 Å². The number of carbonyl (C=O) groups is 2. The SMILES string of the molecule is Cc1ccc(NC(=O)[C@@H]2CCCN(C(=O)Cc3cccc4ccccc34)C2)cc1Cl. The number of nitrogens with zero attached hydrogens (tertiary/aromatic N) is 1. The second-order valence-electron chi connectivity index (χ2n) is 7.95. The largest absolute Gasteiger partial charge is 0.342 e. The number of amides is 2. The Labute approximate surface area is 181 Å². The molecule has 5 heteroatoms. The summed E-state index contributed by atoms with van der Waals surface area (Å²) in [6, 6.07) is 19.7. The standard InChI is InChI=1S/C25H25ClN2O2/c1-17-11-12-21(15-23(17)26)27-25(30)20-9-5-13-28(16-20)24(29)14-19-8-4-7-18-6-2-3-10-22(18)19/h2-4,6-8,10-12,15,20H,5,9,13-14,16H2,1H3,(H,27,30)/t20-/m1/s1. The summed E-state index contributed by atoms with van der Waals surface area (Å²) in [5, 5.41) is 5.82. The predicted octanol–water partition coefficient (Wildman–Crippen LogP) is 5.22. The fourth-order valence-electron chi connectivity index (χ4n) is 4.05. The van der Waals surface area contributed by atoms with E-state index in [0.29, 0.717) is 30.2 Å². The first-order valence-electron chi connectivity index (χ1n) is 10.3. The van der Waals surface area contributed by atoms with Crippen LogP contribution in [0.2, 0.25) is 5.02 Å². The molecule has 1 aliphatic heterocycles. The molecule has 4 nitrogen and oxygen atoms in total. The molecule has 154 valence electrons. The summed E-state index contributed by atoms with van der Waals surface area (Å²) in [7, 11) is 0. The third-order valence-corrected chi connectivity index (χ3v) is 6.21. The number of nitrogens with one attached hydrogen (secondary N) is 1. The number of rotatable bonds is 4. The lowest BCUT2D eigenvalue weighted by molar-refractivity contribution is -0.133. The minimum absolute atomic E-state index is 0.0578. The first-order valence-corrected chi connectivity index (χ1v) is 10.7. The van der Waals surface area contributed by atoms with Gasteiger partial charge in [-0.2, -0.15) is 0 Å². The average molecular weight is 421 g/mol. The van der Waals surface area contributed by atoms with E-state index in [9.17, 15) is 9.59 Å². The number of hydrogen-bond donors (Lipinski definition) is 1. The van der Waals surface area contributed by atoms with Gasteiger partial charge in [0.2, 0.25) is 11.8 Å². The van der Waals surface area contributed by atoms with Gasteiger partial charge in [0.25, 0.3) is 0 Å². The number of piperidine rings is 1. The zero-order valence-electron chi connectivity index (χ0n) is 17.0. The zero-order valence-corrected chi connectivity index (χ0v) is 17.8. The van der Waals surface area contributed by atoms with Crippen molar-refractivity contribution < 1.29 is 9.59 Å². The highest BCUT2D eigenvalue weighted by atomic mass is 35.5. The first-order chi connectivity index (χ1) is 14.5. The van der Waals surface area contributed by atoms with E-state index in [0.717, 1.165) is 34.7 Å². The van der Waals surface area contributed by atoms with Gasteiger partial charge in [0, 0.05) is 23.8 Å². The number of benzene rings is 3. The summed E-state index contributed by atoms with van der Waals surface area (Å²) in [4.78, 5) is 27.6. The van der Waals surface area contributed by atoms with Crippen molar-refractivity contribution in [2.45, 2.75) is 26.2 Å². The van der Waals surface area contributed by atoms with Crippen molar-refractivity contribution in [1.29, 1.82) is 0 Å². The van der Waals surface area contributed by atoms with E-state index in [4.69, 9.17) is 11.6 Å². The third kappa shape index (κ3) is 4.49. The van der Waals surface area contributed by atoms with E-state index in [1.165, 1.54) is 0 Å². The quantitative estimate of drug-likeness (QED) is 0.628. The van der Waals surface area contributed by atoms with Crippen molar-refractivity contribution in [2.24, 2.45) is 5.92 Å². The van der Waals surface area contributed by atoms with E-state index < -0.39 is 0 Å². The van der Waals surface area contributed by atoms with Gasteiger partial charge in [0.05, 0.1) is 12.3 Å². The van der Waals surface area contributed by atoms with Gasteiger partial charge in [-0.1, -0.05) is 60.1 Å². The second-order valence-corrected chi connectivity index (χ2v) is 8.35. The van der Waals surface area contributed by atoms with Gasteiger partial charge in [-0.25, -0.2) is 0 Å². The molecule has 0 bridgehead atoms. The average Bonchev–Trinajstić information content (AvgIpc) is 2.76. The van der Waals surface area contributed by atoms with E-state index in [2.05, 4.69) is 23.5 Å². The van der Waals surface area contributed by atoms with Crippen molar-refractivity contribution in [3.8, 4) is 0 Å². The van der Waals surface area contributed by atoms with Crippen molar-refractivity contribution >= 4 is 39.9 Å². The third-order valence-electron chi connectivity index (χ3n) is 5.81. The number of likely N-dealkylation sites (tertiary alicyclic amines) is 1. The summed E-state index contributed by atoms with van der Waals surface area (Å²) in [5.41, 5.74) is 2.69. The molecule has 2 amide bonds. The first kappa shape index (κ1) is 20.4. The Bertz CT molecular complexity index is 1090. The molecule has 1 fully saturated rings. The monoisotopic (exact) mass is 420 g/mol. The molecule has 1 aliphatic rings. The zero-order chi connectivity index (χ0) is 21.1. The van der Waals surface area contributed by atoms with Crippen molar-refractivity contribution in [3.05, 3.63) is 76.8 Å². The van der Waals surface area contributed by atoms with Crippen LogP contribution in [0.4, 0.5) is 5.69 Å². The van der Waals surface area contributed by atoms with E-state index >= 15 is 0 Å². The highest BCUT2D eigenvalue weighted by Gasteiger charge is 2.28. The molecule has 0 spiro atoms. The van der Waals surface area contributed by atoms with Gasteiger partial charge in [-0.05, 0) is 53.8 Å². The molecule has 0 aliphatic carbocycles. The van der Waals surface area contributed by atoms with Crippen molar-refractivity contribution in [1.82, 2.24) is 4.90 Å².